The van der Waals surface area contributed by atoms with Crippen molar-refractivity contribution in [2.24, 2.45) is 11.1 Å². The molecule has 2 heterocycles. The Kier molecular flexibility index (Phi) is 3.02. The summed E-state index contributed by atoms with van der Waals surface area (Å²) >= 11 is 0. The second kappa shape index (κ2) is 4.33. The Morgan fingerprint density at radius 2 is 2.35 bits per heavy atom. The molecule has 1 fully saturated rings. The van der Waals surface area contributed by atoms with Crippen LogP contribution >= 0.6 is 0 Å². The van der Waals surface area contributed by atoms with Gasteiger partial charge in [0.25, 0.3) is 0 Å². The Hall–Kier alpha value is -1.62. The predicted molar refractivity (Wildman–Crippen MR) is 61.4 cm³/mol. The minimum absolute atomic E-state index is 0.0660. The minimum Gasteiger partial charge on any atom is -0.461 e. The molecule has 1 aromatic heterocycles. The molecule has 0 aromatic carbocycles. The monoisotopic (exact) mass is 236 g/mol. The highest BCUT2D eigenvalue weighted by molar-refractivity contribution is 5.95. The maximum atomic E-state index is 11.8. The number of hydrogen-bond donors (Lipinski definition) is 1. The van der Waals surface area contributed by atoms with Crippen LogP contribution in [0.2, 0.25) is 0 Å². The summed E-state index contributed by atoms with van der Waals surface area (Å²) < 4.78 is 5.04. The first-order valence-corrected chi connectivity index (χ1v) is 5.60. The molecule has 0 radical (unpaired) electrons. The van der Waals surface area contributed by atoms with Gasteiger partial charge in [0.05, 0.1) is 18.2 Å². The quantitative estimate of drug-likeness (QED) is 0.779. The number of furan rings is 1. The fourth-order valence-corrected chi connectivity index (χ4v) is 2.11. The Morgan fingerprint density at radius 3 is 2.88 bits per heavy atom. The number of nitrogens with zero attached hydrogens (tertiary/aromatic N) is 1. The molecule has 92 valence electrons. The Labute approximate surface area is 99.6 Å². The van der Waals surface area contributed by atoms with E-state index >= 15 is 0 Å². The molecule has 0 aliphatic carbocycles. The van der Waals surface area contributed by atoms with E-state index in [-0.39, 0.29) is 18.2 Å². The highest BCUT2D eigenvalue weighted by Crippen LogP contribution is 2.29. The van der Waals surface area contributed by atoms with E-state index in [4.69, 9.17) is 10.2 Å². The molecular weight excluding hydrogens is 220 g/mol. The molecule has 2 rings (SSSR count). The minimum atomic E-state index is -0.510. The molecule has 0 saturated carbocycles. The SMILES string of the molecule is CC1(C(N)=O)CCN(CC(=O)c2ccco2)C1. The van der Waals surface area contributed by atoms with Gasteiger partial charge in [-0.25, -0.2) is 0 Å². The van der Waals surface area contributed by atoms with Crippen molar-refractivity contribution in [3.8, 4) is 0 Å². The topological polar surface area (TPSA) is 76.5 Å². The second-order valence-corrected chi connectivity index (χ2v) is 4.79. The van der Waals surface area contributed by atoms with E-state index in [2.05, 4.69) is 0 Å². The van der Waals surface area contributed by atoms with Crippen LogP contribution in [0.5, 0.6) is 0 Å². The van der Waals surface area contributed by atoms with E-state index < -0.39 is 5.41 Å². The van der Waals surface area contributed by atoms with E-state index in [0.717, 1.165) is 0 Å². The van der Waals surface area contributed by atoms with E-state index in [1.165, 1.54) is 6.26 Å². The van der Waals surface area contributed by atoms with Gasteiger partial charge in [-0.2, -0.15) is 0 Å². The van der Waals surface area contributed by atoms with Gasteiger partial charge in [-0.05, 0) is 32.0 Å². The van der Waals surface area contributed by atoms with Gasteiger partial charge in [0.1, 0.15) is 0 Å². The van der Waals surface area contributed by atoms with Gasteiger partial charge in [0, 0.05) is 6.54 Å². The maximum absolute atomic E-state index is 11.8. The van der Waals surface area contributed by atoms with Gasteiger partial charge in [0.2, 0.25) is 11.7 Å². The van der Waals surface area contributed by atoms with Gasteiger partial charge >= 0.3 is 0 Å². The van der Waals surface area contributed by atoms with Crippen molar-refractivity contribution < 1.29 is 14.0 Å². The number of carbonyl (C=O) groups is 2. The van der Waals surface area contributed by atoms with Crippen LogP contribution in [0.1, 0.15) is 23.9 Å². The van der Waals surface area contributed by atoms with Gasteiger partial charge in [0.15, 0.2) is 5.76 Å². The van der Waals surface area contributed by atoms with Crippen molar-refractivity contribution in [1.29, 1.82) is 0 Å². The summed E-state index contributed by atoms with van der Waals surface area (Å²) in [6, 6.07) is 3.33. The third kappa shape index (κ3) is 2.39. The molecule has 0 spiro atoms. The molecule has 1 unspecified atom stereocenters. The highest BCUT2D eigenvalue weighted by atomic mass is 16.3. The average Bonchev–Trinajstić information content (AvgIpc) is 2.88. The van der Waals surface area contributed by atoms with Crippen molar-refractivity contribution in [2.75, 3.05) is 19.6 Å². The third-order valence-electron chi connectivity index (χ3n) is 3.31. The standard InChI is InChI=1S/C12H16N2O3/c1-12(11(13)16)4-5-14(8-12)7-9(15)10-3-2-6-17-10/h2-3,6H,4-5,7-8H2,1H3,(H2,13,16). The van der Waals surface area contributed by atoms with E-state index in [1.807, 2.05) is 11.8 Å². The van der Waals surface area contributed by atoms with E-state index in [0.29, 0.717) is 25.3 Å². The lowest BCUT2D eigenvalue weighted by atomic mass is 9.89. The number of likely N-dealkylation sites (tertiary alicyclic amines) is 1. The first-order valence-electron chi connectivity index (χ1n) is 5.60. The molecule has 1 aromatic rings. The van der Waals surface area contributed by atoms with E-state index in [1.54, 1.807) is 12.1 Å². The largest absolute Gasteiger partial charge is 0.461 e. The van der Waals surface area contributed by atoms with Crippen LogP contribution in [-0.4, -0.2) is 36.2 Å². The van der Waals surface area contributed by atoms with Crippen LogP contribution in [-0.2, 0) is 4.79 Å². The summed E-state index contributed by atoms with van der Waals surface area (Å²) in [5.41, 5.74) is 4.84. The lowest BCUT2D eigenvalue weighted by molar-refractivity contribution is -0.126. The molecule has 1 aliphatic rings. The summed E-state index contributed by atoms with van der Waals surface area (Å²) in [5, 5.41) is 0. The zero-order valence-corrected chi connectivity index (χ0v) is 9.81. The number of amides is 1. The number of ketones is 1. The Bertz CT molecular complexity index is 427. The fourth-order valence-electron chi connectivity index (χ4n) is 2.11. The van der Waals surface area contributed by atoms with Crippen LogP contribution in [0.3, 0.4) is 0 Å². The third-order valence-corrected chi connectivity index (χ3v) is 3.31. The number of nitrogens with two attached hydrogens (primary N) is 1. The summed E-state index contributed by atoms with van der Waals surface area (Å²) in [5.74, 6) is -0.00755. The maximum Gasteiger partial charge on any atom is 0.224 e. The Balaban J connectivity index is 1.95. The number of hydrogen-bond acceptors (Lipinski definition) is 4. The van der Waals surface area contributed by atoms with Crippen LogP contribution in [0.25, 0.3) is 0 Å². The summed E-state index contributed by atoms with van der Waals surface area (Å²) in [4.78, 5) is 25.0. The van der Waals surface area contributed by atoms with Crippen LogP contribution < -0.4 is 5.73 Å². The zero-order chi connectivity index (χ0) is 12.5. The highest BCUT2D eigenvalue weighted by Gasteiger charge is 2.39. The summed E-state index contributed by atoms with van der Waals surface area (Å²) in [7, 11) is 0. The zero-order valence-electron chi connectivity index (χ0n) is 9.81. The second-order valence-electron chi connectivity index (χ2n) is 4.79. The number of Topliss-reactive ketones (excluding diaryl/α,β-unsaturated/α-hetero) is 1. The molecule has 1 amide bonds. The van der Waals surface area contributed by atoms with Crippen molar-refractivity contribution in [3.63, 3.8) is 0 Å². The molecule has 1 aliphatic heterocycles. The Morgan fingerprint density at radius 1 is 1.59 bits per heavy atom. The molecule has 1 atom stereocenters. The first kappa shape index (κ1) is 11.9. The van der Waals surface area contributed by atoms with Gasteiger partial charge < -0.3 is 10.2 Å². The van der Waals surface area contributed by atoms with Crippen molar-refractivity contribution in [3.05, 3.63) is 24.2 Å². The molecular formula is C12H16N2O3. The smallest absolute Gasteiger partial charge is 0.224 e. The molecule has 0 bridgehead atoms. The molecule has 1 saturated heterocycles. The molecule has 17 heavy (non-hydrogen) atoms. The fraction of sp³-hybridized carbons (Fsp3) is 0.500. The van der Waals surface area contributed by atoms with Crippen LogP contribution in [0.15, 0.2) is 22.8 Å². The molecule has 5 nitrogen and oxygen atoms in total. The normalized spacial score (nSPS) is 25.0. The van der Waals surface area contributed by atoms with Gasteiger partial charge in [-0.3, -0.25) is 14.5 Å². The molecule has 2 N–H and O–H groups in total. The number of rotatable bonds is 4. The van der Waals surface area contributed by atoms with Crippen LogP contribution in [0.4, 0.5) is 0 Å². The van der Waals surface area contributed by atoms with Crippen molar-refractivity contribution >= 4 is 11.7 Å². The number of primary amides is 1. The van der Waals surface area contributed by atoms with Crippen molar-refractivity contribution in [1.82, 2.24) is 4.90 Å². The lowest BCUT2D eigenvalue weighted by Crippen LogP contribution is -2.38. The lowest BCUT2D eigenvalue weighted by Gasteiger charge is -2.20. The summed E-state index contributed by atoms with van der Waals surface area (Å²) in [6.07, 6.45) is 2.18. The number of carbonyl (C=O) groups excluding carboxylic acids is 2. The van der Waals surface area contributed by atoms with Gasteiger partial charge in [-0.1, -0.05) is 0 Å². The first-order chi connectivity index (χ1) is 8.01. The summed E-state index contributed by atoms with van der Waals surface area (Å²) in [6.45, 7) is 3.36. The van der Waals surface area contributed by atoms with Crippen molar-refractivity contribution in [2.45, 2.75) is 13.3 Å². The van der Waals surface area contributed by atoms with Crippen LogP contribution in [0, 0.1) is 5.41 Å². The van der Waals surface area contributed by atoms with E-state index in [9.17, 15) is 9.59 Å². The predicted octanol–water partition coefficient (Wildman–Crippen LogP) is 0.660. The average molecular weight is 236 g/mol. The molecule has 5 heteroatoms. The van der Waals surface area contributed by atoms with Gasteiger partial charge in [-0.15, -0.1) is 0 Å².